The maximum atomic E-state index is 12.9. The molecule has 0 bridgehead atoms. The number of hydrogen-bond donors (Lipinski definition) is 0. The Kier molecular flexibility index (Phi) is 4.43. The molecule has 2 aromatic rings. The normalized spacial score (nSPS) is 15.3. The molecule has 0 saturated carbocycles. The maximum absolute atomic E-state index is 12.9. The molecule has 1 aliphatic carbocycles. The third-order valence-electron chi connectivity index (χ3n) is 4.55. The zero-order valence-electron chi connectivity index (χ0n) is 14.6. The van der Waals surface area contributed by atoms with Crippen LogP contribution in [0.3, 0.4) is 0 Å². The van der Waals surface area contributed by atoms with E-state index in [1.807, 2.05) is 37.3 Å². The highest BCUT2D eigenvalue weighted by Crippen LogP contribution is 2.32. The monoisotopic (exact) mass is 322 g/mol. The van der Waals surface area contributed by atoms with E-state index >= 15 is 0 Å². The zero-order chi connectivity index (χ0) is 17.3. The quantitative estimate of drug-likeness (QED) is 0.779. The molecule has 0 spiro atoms. The molecule has 0 saturated heterocycles. The Morgan fingerprint density at radius 2 is 1.71 bits per heavy atom. The van der Waals surface area contributed by atoms with Gasteiger partial charge in [-0.1, -0.05) is 17.7 Å². The molecule has 124 valence electrons. The van der Waals surface area contributed by atoms with E-state index in [0.29, 0.717) is 11.5 Å². The maximum Gasteiger partial charge on any atom is 0.189 e. The lowest BCUT2D eigenvalue weighted by molar-refractivity contribution is 0.102. The zero-order valence-corrected chi connectivity index (χ0v) is 14.6. The lowest BCUT2D eigenvalue weighted by atomic mass is 9.83. The fourth-order valence-corrected chi connectivity index (χ4v) is 3.36. The highest BCUT2D eigenvalue weighted by Gasteiger charge is 2.23. The van der Waals surface area contributed by atoms with Crippen LogP contribution in [0.5, 0.6) is 11.5 Å². The second-order valence-electron chi connectivity index (χ2n) is 6.22. The van der Waals surface area contributed by atoms with E-state index in [-0.39, 0.29) is 5.78 Å². The second kappa shape index (κ2) is 6.52. The molecule has 3 heteroatoms. The molecule has 3 rings (SSSR count). The fourth-order valence-electron chi connectivity index (χ4n) is 3.36. The van der Waals surface area contributed by atoms with Gasteiger partial charge in [-0.05, 0) is 67.7 Å². The van der Waals surface area contributed by atoms with Gasteiger partial charge in [0.15, 0.2) is 17.3 Å². The van der Waals surface area contributed by atoms with Crippen molar-refractivity contribution in [2.75, 3.05) is 14.2 Å². The first-order valence-electron chi connectivity index (χ1n) is 8.11. The molecule has 0 radical (unpaired) electrons. The standard InChI is InChI=1S/C21H22O3/c1-13-9-14(2)17-7-6-16(21(22)18(17)10-13)11-15-5-8-19(23-3)20(12-15)24-4/h5,8-12H,6-7H2,1-4H3/b16-11+. The van der Waals surface area contributed by atoms with Gasteiger partial charge in [-0.15, -0.1) is 0 Å². The smallest absolute Gasteiger partial charge is 0.189 e. The molecule has 3 nitrogen and oxygen atoms in total. The summed E-state index contributed by atoms with van der Waals surface area (Å²) in [6.07, 6.45) is 3.64. The molecule has 0 aliphatic heterocycles. The van der Waals surface area contributed by atoms with Crippen LogP contribution in [0.15, 0.2) is 35.9 Å². The topological polar surface area (TPSA) is 35.5 Å². The summed E-state index contributed by atoms with van der Waals surface area (Å²) in [6.45, 7) is 4.12. The van der Waals surface area contributed by atoms with Crippen molar-refractivity contribution in [3.8, 4) is 11.5 Å². The number of ketones is 1. The molecule has 0 aromatic heterocycles. The lowest BCUT2D eigenvalue weighted by Gasteiger charge is -2.20. The Balaban J connectivity index is 1.99. The van der Waals surface area contributed by atoms with Gasteiger partial charge in [0.05, 0.1) is 14.2 Å². The lowest BCUT2D eigenvalue weighted by Crippen LogP contribution is -2.15. The summed E-state index contributed by atoms with van der Waals surface area (Å²) >= 11 is 0. The number of methoxy groups -OCH3 is 2. The highest BCUT2D eigenvalue weighted by atomic mass is 16.5. The second-order valence-corrected chi connectivity index (χ2v) is 6.22. The summed E-state index contributed by atoms with van der Waals surface area (Å²) in [4.78, 5) is 12.9. The summed E-state index contributed by atoms with van der Waals surface area (Å²) in [5.74, 6) is 1.49. The van der Waals surface area contributed by atoms with E-state index in [0.717, 1.165) is 35.1 Å². The van der Waals surface area contributed by atoms with Crippen molar-refractivity contribution in [3.05, 3.63) is 63.7 Å². The predicted molar refractivity (Wildman–Crippen MR) is 96.1 cm³/mol. The van der Waals surface area contributed by atoms with Crippen LogP contribution in [0.2, 0.25) is 0 Å². The van der Waals surface area contributed by atoms with Crippen LogP contribution in [0.25, 0.3) is 6.08 Å². The van der Waals surface area contributed by atoms with E-state index in [1.54, 1.807) is 14.2 Å². The molecule has 0 unspecified atom stereocenters. The van der Waals surface area contributed by atoms with Gasteiger partial charge in [0.1, 0.15) is 0 Å². The largest absolute Gasteiger partial charge is 0.493 e. The van der Waals surface area contributed by atoms with Crippen LogP contribution in [0.4, 0.5) is 0 Å². The van der Waals surface area contributed by atoms with Gasteiger partial charge in [0.25, 0.3) is 0 Å². The SMILES string of the molecule is COc1ccc(/C=C2\CCc3c(C)cc(C)cc3C2=O)cc1OC. The summed E-state index contributed by atoms with van der Waals surface area (Å²) in [5.41, 5.74) is 6.18. The molecule has 1 aliphatic rings. The number of hydrogen-bond acceptors (Lipinski definition) is 3. The van der Waals surface area contributed by atoms with Gasteiger partial charge < -0.3 is 9.47 Å². The van der Waals surface area contributed by atoms with Crippen LogP contribution < -0.4 is 9.47 Å². The number of benzene rings is 2. The van der Waals surface area contributed by atoms with E-state index in [2.05, 4.69) is 13.0 Å². The number of fused-ring (bicyclic) bond motifs is 1. The van der Waals surface area contributed by atoms with Crippen LogP contribution in [0.1, 0.15) is 39.0 Å². The number of rotatable bonds is 3. The Labute approximate surface area is 142 Å². The molecule has 0 atom stereocenters. The number of carbonyl (C=O) groups excluding carboxylic acids is 1. The average Bonchev–Trinajstić information content (AvgIpc) is 2.57. The third kappa shape index (κ3) is 2.94. The van der Waals surface area contributed by atoms with Gasteiger partial charge >= 0.3 is 0 Å². The number of Topliss-reactive ketones (excluding diaryl/α,β-unsaturated/α-hetero) is 1. The van der Waals surface area contributed by atoms with Crippen molar-refractivity contribution in [2.24, 2.45) is 0 Å². The van der Waals surface area contributed by atoms with Crippen molar-refractivity contribution in [2.45, 2.75) is 26.7 Å². The molecule has 0 fully saturated rings. The van der Waals surface area contributed by atoms with E-state index in [4.69, 9.17) is 9.47 Å². The third-order valence-corrected chi connectivity index (χ3v) is 4.55. The molecule has 0 heterocycles. The Morgan fingerprint density at radius 3 is 2.42 bits per heavy atom. The van der Waals surface area contributed by atoms with E-state index < -0.39 is 0 Å². The Hall–Kier alpha value is -2.55. The van der Waals surface area contributed by atoms with E-state index in [1.165, 1.54) is 11.1 Å². The van der Waals surface area contributed by atoms with Crippen molar-refractivity contribution in [3.63, 3.8) is 0 Å². The summed E-state index contributed by atoms with van der Waals surface area (Å²) < 4.78 is 10.6. The number of aryl methyl sites for hydroxylation is 2. The predicted octanol–water partition coefficient (Wildman–Crippen LogP) is 4.53. The van der Waals surface area contributed by atoms with Crippen LogP contribution in [0, 0.1) is 13.8 Å². The first kappa shape index (κ1) is 16.3. The Bertz CT molecular complexity index is 831. The van der Waals surface area contributed by atoms with Gasteiger partial charge in [0.2, 0.25) is 0 Å². The summed E-state index contributed by atoms with van der Waals surface area (Å²) in [7, 11) is 3.23. The summed E-state index contributed by atoms with van der Waals surface area (Å²) in [5, 5.41) is 0. The first-order chi connectivity index (χ1) is 11.5. The van der Waals surface area contributed by atoms with Crippen molar-refractivity contribution >= 4 is 11.9 Å². The molecule has 2 aromatic carbocycles. The van der Waals surface area contributed by atoms with Crippen LogP contribution >= 0.6 is 0 Å². The summed E-state index contributed by atoms with van der Waals surface area (Å²) in [6, 6.07) is 9.86. The average molecular weight is 322 g/mol. The highest BCUT2D eigenvalue weighted by molar-refractivity contribution is 6.13. The fraction of sp³-hybridized carbons (Fsp3) is 0.286. The minimum atomic E-state index is 0.137. The van der Waals surface area contributed by atoms with E-state index in [9.17, 15) is 4.79 Å². The molecule has 24 heavy (non-hydrogen) atoms. The van der Waals surface area contributed by atoms with Gasteiger partial charge in [-0.2, -0.15) is 0 Å². The molecule has 0 N–H and O–H groups in total. The molecule has 0 amide bonds. The molecular weight excluding hydrogens is 300 g/mol. The van der Waals surface area contributed by atoms with Crippen molar-refractivity contribution in [1.82, 2.24) is 0 Å². The van der Waals surface area contributed by atoms with Crippen molar-refractivity contribution < 1.29 is 14.3 Å². The van der Waals surface area contributed by atoms with Gasteiger partial charge in [-0.3, -0.25) is 4.79 Å². The first-order valence-corrected chi connectivity index (χ1v) is 8.11. The van der Waals surface area contributed by atoms with Crippen LogP contribution in [-0.4, -0.2) is 20.0 Å². The van der Waals surface area contributed by atoms with Crippen molar-refractivity contribution in [1.29, 1.82) is 0 Å². The Morgan fingerprint density at radius 1 is 0.958 bits per heavy atom. The minimum Gasteiger partial charge on any atom is -0.493 e. The number of ether oxygens (including phenoxy) is 2. The molecular formula is C21H22O3. The van der Waals surface area contributed by atoms with Gasteiger partial charge in [-0.25, -0.2) is 0 Å². The number of carbonyl (C=O) groups is 1. The number of allylic oxidation sites excluding steroid dienone is 1. The minimum absolute atomic E-state index is 0.137. The van der Waals surface area contributed by atoms with Gasteiger partial charge in [0, 0.05) is 11.1 Å². The van der Waals surface area contributed by atoms with Crippen LogP contribution in [-0.2, 0) is 6.42 Å².